The number of hydrogen-bond donors (Lipinski definition) is 1. The Bertz CT molecular complexity index is 786. The zero-order valence-corrected chi connectivity index (χ0v) is 18.2. The predicted octanol–water partition coefficient (Wildman–Crippen LogP) is 4.21. The number of carbonyl (C=O) groups is 3. The molecule has 1 saturated carbocycles. The molecule has 2 aliphatic rings. The third kappa shape index (κ3) is 5.23. The first-order valence-corrected chi connectivity index (χ1v) is 11.0. The monoisotopic (exact) mass is 439 g/mol. The van der Waals surface area contributed by atoms with Crippen LogP contribution in [0.25, 0.3) is 0 Å². The molecule has 6 nitrogen and oxygen atoms in total. The summed E-state index contributed by atoms with van der Waals surface area (Å²) >= 11 is 12.4. The van der Waals surface area contributed by atoms with E-state index >= 15 is 0 Å². The van der Waals surface area contributed by atoms with Crippen LogP contribution < -0.4 is 5.32 Å². The third-order valence-corrected chi connectivity index (χ3v) is 6.13. The highest BCUT2D eigenvalue weighted by atomic mass is 35.5. The average molecular weight is 440 g/mol. The molecular weight excluding hydrogens is 413 g/mol. The molecule has 1 heterocycles. The maximum Gasteiger partial charge on any atom is 0.256 e. The van der Waals surface area contributed by atoms with Crippen molar-refractivity contribution in [1.29, 1.82) is 0 Å². The first-order chi connectivity index (χ1) is 13.9. The minimum atomic E-state index is -0.242. The van der Waals surface area contributed by atoms with Crippen molar-refractivity contribution >= 4 is 46.6 Å². The molecule has 0 spiro atoms. The first-order valence-electron chi connectivity index (χ1n) is 10.3. The van der Waals surface area contributed by atoms with Crippen LogP contribution >= 0.6 is 23.2 Å². The van der Waals surface area contributed by atoms with Crippen LogP contribution in [0.2, 0.25) is 10.0 Å². The Morgan fingerprint density at radius 1 is 1.03 bits per heavy atom. The van der Waals surface area contributed by atoms with Crippen LogP contribution in [0, 0.1) is 5.92 Å². The van der Waals surface area contributed by atoms with Gasteiger partial charge in [0.15, 0.2) is 0 Å². The minimum absolute atomic E-state index is 0.143. The van der Waals surface area contributed by atoms with Gasteiger partial charge in [0.1, 0.15) is 0 Å². The van der Waals surface area contributed by atoms with E-state index in [1.807, 2.05) is 11.8 Å². The summed E-state index contributed by atoms with van der Waals surface area (Å²) in [4.78, 5) is 41.4. The molecule has 158 valence electrons. The number of benzene rings is 1. The predicted molar refractivity (Wildman–Crippen MR) is 114 cm³/mol. The van der Waals surface area contributed by atoms with Gasteiger partial charge in [-0.15, -0.1) is 0 Å². The van der Waals surface area contributed by atoms with E-state index in [1.165, 1.54) is 12.1 Å². The second-order valence-corrected chi connectivity index (χ2v) is 8.55. The minimum Gasteiger partial charge on any atom is -0.339 e. The van der Waals surface area contributed by atoms with Crippen LogP contribution in [-0.4, -0.2) is 53.7 Å². The Kier molecular flexibility index (Phi) is 7.41. The Hall–Kier alpha value is -1.79. The lowest BCUT2D eigenvalue weighted by Gasteiger charge is -2.36. The van der Waals surface area contributed by atoms with Gasteiger partial charge in [0.05, 0.1) is 16.3 Å². The molecule has 2 fully saturated rings. The molecule has 3 rings (SSSR count). The van der Waals surface area contributed by atoms with Gasteiger partial charge in [0.2, 0.25) is 11.8 Å². The van der Waals surface area contributed by atoms with Crippen molar-refractivity contribution in [3.63, 3.8) is 0 Å². The molecule has 29 heavy (non-hydrogen) atoms. The second kappa shape index (κ2) is 9.81. The fourth-order valence-electron chi connectivity index (χ4n) is 4.03. The Labute approximate surface area is 181 Å². The zero-order chi connectivity index (χ0) is 21.0. The molecule has 0 unspecified atom stereocenters. The van der Waals surface area contributed by atoms with E-state index in [4.69, 9.17) is 23.2 Å². The summed E-state index contributed by atoms with van der Waals surface area (Å²) in [7, 11) is 0. The molecule has 1 aromatic carbocycles. The van der Waals surface area contributed by atoms with Gasteiger partial charge in [-0.2, -0.15) is 0 Å². The number of hydrogen-bond acceptors (Lipinski definition) is 3. The lowest BCUT2D eigenvalue weighted by Crippen LogP contribution is -2.51. The number of piperazine rings is 1. The van der Waals surface area contributed by atoms with Gasteiger partial charge in [-0.05, 0) is 31.4 Å². The number of anilines is 1. The fraction of sp³-hybridized carbons (Fsp3) is 0.571. The second-order valence-electron chi connectivity index (χ2n) is 7.71. The van der Waals surface area contributed by atoms with Crippen LogP contribution in [-0.2, 0) is 9.59 Å². The van der Waals surface area contributed by atoms with Gasteiger partial charge in [-0.25, -0.2) is 0 Å². The Morgan fingerprint density at radius 3 is 2.28 bits per heavy atom. The van der Waals surface area contributed by atoms with Crippen molar-refractivity contribution in [2.45, 2.75) is 45.4 Å². The Balaban J connectivity index is 1.70. The van der Waals surface area contributed by atoms with Crippen LogP contribution in [0.15, 0.2) is 12.1 Å². The van der Waals surface area contributed by atoms with Crippen molar-refractivity contribution in [1.82, 2.24) is 9.80 Å². The molecule has 8 heteroatoms. The molecule has 0 atom stereocenters. The van der Waals surface area contributed by atoms with Crippen molar-refractivity contribution in [2.24, 2.45) is 5.92 Å². The van der Waals surface area contributed by atoms with E-state index in [2.05, 4.69) is 5.32 Å². The molecule has 1 aliphatic carbocycles. The standard InChI is InChI=1S/C21H27Cl2N3O3/c1-2-5-18(27)24-19-16(12-15(22)13-17(19)23)21(29)26-10-8-25(9-11-26)20(28)14-6-3-4-7-14/h12-14H,2-11H2,1H3,(H,24,27). The molecule has 3 amide bonds. The average Bonchev–Trinajstić information content (AvgIpc) is 3.24. The number of halogens is 2. The van der Waals surface area contributed by atoms with E-state index in [0.717, 1.165) is 25.7 Å². The fourth-order valence-corrected chi connectivity index (χ4v) is 4.57. The third-order valence-electron chi connectivity index (χ3n) is 5.61. The van der Waals surface area contributed by atoms with Crippen LogP contribution in [0.1, 0.15) is 55.8 Å². The van der Waals surface area contributed by atoms with Crippen LogP contribution in [0.4, 0.5) is 5.69 Å². The number of carbonyl (C=O) groups excluding carboxylic acids is 3. The number of rotatable bonds is 5. The Morgan fingerprint density at radius 2 is 1.66 bits per heavy atom. The highest BCUT2D eigenvalue weighted by Gasteiger charge is 2.31. The highest BCUT2D eigenvalue weighted by molar-refractivity contribution is 6.38. The van der Waals surface area contributed by atoms with E-state index in [-0.39, 0.29) is 34.2 Å². The summed E-state index contributed by atoms with van der Waals surface area (Å²) in [6.45, 7) is 3.84. The maximum absolute atomic E-state index is 13.2. The van der Waals surface area contributed by atoms with E-state index in [0.29, 0.717) is 49.7 Å². The van der Waals surface area contributed by atoms with Gasteiger partial charge in [-0.1, -0.05) is 43.0 Å². The summed E-state index contributed by atoms with van der Waals surface area (Å²) in [6, 6.07) is 3.05. The van der Waals surface area contributed by atoms with E-state index in [9.17, 15) is 14.4 Å². The van der Waals surface area contributed by atoms with Gasteiger partial charge in [-0.3, -0.25) is 14.4 Å². The number of nitrogens with one attached hydrogen (secondary N) is 1. The normalized spacial score (nSPS) is 17.5. The van der Waals surface area contributed by atoms with Crippen molar-refractivity contribution < 1.29 is 14.4 Å². The summed E-state index contributed by atoms with van der Waals surface area (Å²) in [6.07, 6.45) is 5.22. The zero-order valence-electron chi connectivity index (χ0n) is 16.7. The van der Waals surface area contributed by atoms with Gasteiger partial charge in [0, 0.05) is 43.5 Å². The van der Waals surface area contributed by atoms with Crippen molar-refractivity contribution in [3.8, 4) is 0 Å². The van der Waals surface area contributed by atoms with Crippen LogP contribution in [0.3, 0.4) is 0 Å². The van der Waals surface area contributed by atoms with Crippen molar-refractivity contribution in [3.05, 3.63) is 27.7 Å². The summed E-state index contributed by atoms with van der Waals surface area (Å²) in [5, 5.41) is 3.32. The van der Waals surface area contributed by atoms with Gasteiger partial charge in [0.25, 0.3) is 5.91 Å². The lowest BCUT2D eigenvalue weighted by molar-refractivity contribution is -0.136. The largest absolute Gasteiger partial charge is 0.339 e. The van der Waals surface area contributed by atoms with E-state index in [1.54, 1.807) is 4.90 Å². The molecule has 1 N–H and O–H groups in total. The highest BCUT2D eigenvalue weighted by Crippen LogP contribution is 2.32. The van der Waals surface area contributed by atoms with E-state index < -0.39 is 0 Å². The van der Waals surface area contributed by atoms with Gasteiger partial charge < -0.3 is 15.1 Å². The molecular formula is C21H27Cl2N3O3. The van der Waals surface area contributed by atoms with Crippen molar-refractivity contribution in [2.75, 3.05) is 31.5 Å². The SMILES string of the molecule is CCCC(=O)Nc1c(Cl)cc(Cl)cc1C(=O)N1CCN(C(=O)C2CCCC2)CC1. The maximum atomic E-state index is 13.2. The topological polar surface area (TPSA) is 69.7 Å². The smallest absolute Gasteiger partial charge is 0.256 e. The van der Waals surface area contributed by atoms with Crippen LogP contribution in [0.5, 0.6) is 0 Å². The summed E-state index contributed by atoms with van der Waals surface area (Å²) < 4.78 is 0. The lowest BCUT2D eigenvalue weighted by atomic mass is 10.1. The number of nitrogens with zero attached hydrogens (tertiary/aromatic N) is 2. The molecule has 0 aromatic heterocycles. The molecule has 1 aromatic rings. The molecule has 0 bridgehead atoms. The van der Waals surface area contributed by atoms with Gasteiger partial charge >= 0.3 is 0 Å². The quantitative estimate of drug-likeness (QED) is 0.746. The summed E-state index contributed by atoms with van der Waals surface area (Å²) in [5.41, 5.74) is 0.575. The molecule has 1 saturated heterocycles. The summed E-state index contributed by atoms with van der Waals surface area (Å²) in [5.74, 6) is -0.0794. The first kappa shape index (κ1) is 21.9. The molecule has 1 aliphatic heterocycles. The molecule has 0 radical (unpaired) electrons. The number of amides is 3.